The lowest BCUT2D eigenvalue weighted by Gasteiger charge is -2.33. The first-order valence-electron chi connectivity index (χ1n) is 8.95. The van der Waals surface area contributed by atoms with Gasteiger partial charge >= 0.3 is 5.97 Å². The summed E-state index contributed by atoms with van der Waals surface area (Å²) >= 11 is 0. The molecule has 2 amide bonds. The van der Waals surface area contributed by atoms with E-state index in [1.807, 2.05) is 4.90 Å². The second-order valence-corrected chi connectivity index (χ2v) is 6.70. The summed E-state index contributed by atoms with van der Waals surface area (Å²) in [6.07, 6.45) is 1.77. The summed E-state index contributed by atoms with van der Waals surface area (Å²) in [5.41, 5.74) is 2.09. The highest BCUT2D eigenvalue weighted by atomic mass is 19.1. The van der Waals surface area contributed by atoms with Gasteiger partial charge in [0.25, 0.3) is 5.91 Å². The average Bonchev–Trinajstić information content (AvgIpc) is 3.18. The van der Waals surface area contributed by atoms with Crippen LogP contribution in [0.5, 0.6) is 0 Å². The molecule has 8 heteroatoms. The minimum absolute atomic E-state index is 0.0748. The number of carbonyl (C=O) groups is 3. The topological polar surface area (TPSA) is 87.7 Å². The lowest BCUT2D eigenvalue weighted by Crippen LogP contribution is -2.43. The largest absolute Gasteiger partial charge is 0.452 e. The molecule has 2 aromatic carbocycles. The first-order valence-corrected chi connectivity index (χ1v) is 8.95. The van der Waals surface area contributed by atoms with Crippen LogP contribution in [-0.2, 0) is 14.3 Å². The van der Waals surface area contributed by atoms with Crippen molar-refractivity contribution >= 4 is 34.8 Å². The van der Waals surface area contributed by atoms with Gasteiger partial charge in [0.05, 0.1) is 16.9 Å². The number of nitrogens with one attached hydrogen (secondary N) is 2. The summed E-state index contributed by atoms with van der Waals surface area (Å²) in [4.78, 5) is 38.4. The van der Waals surface area contributed by atoms with Crippen molar-refractivity contribution in [2.45, 2.75) is 18.9 Å². The lowest BCUT2D eigenvalue weighted by molar-refractivity contribution is -0.119. The van der Waals surface area contributed by atoms with Crippen LogP contribution in [0.25, 0.3) is 0 Å². The molecule has 2 heterocycles. The Morgan fingerprint density at radius 1 is 1.21 bits per heavy atom. The van der Waals surface area contributed by atoms with Gasteiger partial charge in [-0.25, -0.2) is 9.18 Å². The molecule has 4 rings (SSSR count). The maximum Gasteiger partial charge on any atom is 0.338 e. The standard InChI is InChI=1S/C20H18FN3O4/c21-13-4-6-14(7-5-13)22-18(25)11-28-20(27)12-3-8-16-15(10-12)23-19(26)17-2-1-9-24(16)17/h3-8,10,17H,1-2,9,11H2,(H,22,25)(H,23,26)/t17-/m0/s1. The predicted molar refractivity (Wildman–Crippen MR) is 101 cm³/mol. The smallest absolute Gasteiger partial charge is 0.338 e. The molecular weight excluding hydrogens is 365 g/mol. The van der Waals surface area contributed by atoms with Crippen LogP contribution in [0.2, 0.25) is 0 Å². The number of benzene rings is 2. The van der Waals surface area contributed by atoms with E-state index in [4.69, 9.17) is 4.74 Å². The van der Waals surface area contributed by atoms with Gasteiger partial charge in [-0.05, 0) is 55.3 Å². The molecule has 28 heavy (non-hydrogen) atoms. The molecule has 0 bridgehead atoms. The Morgan fingerprint density at radius 2 is 2.00 bits per heavy atom. The van der Waals surface area contributed by atoms with E-state index in [-0.39, 0.29) is 17.5 Å². The zero-order valence-corrected chi connectivity index (χ0v) is 14.9. The van der Waals surface area contributed by atoms with Crippen LogP contribution < -0.4 is 15.5 Å². The fraction of sp³-hybridized carbons (Fsp3) is 0.250. The number of ether oxygens (including phenoxy) is 1. The number of fused-ring (bicyclic) bond motifs is 3. The van der Waals surface area contributed by atoms with Crippen molar-refractivity contribution in [3.8, 4) is 0 Å². The van der Waals surface area contributed by atoms with Crippen molar-refractivity contribution in [1.29, 1.82) is 0 Å². The molecule has 0 radical (unpaired) electrons. The normalized spacial score (nSPS) is 17.4. The SMILES string of the molecule is O=C(COC(=O)c1ccc2c(c1)NC(=O)[C@@H]1CCCN21)Nc1ccc(F)cc1. The van der Waals surface area contributed by atoms with Gasteiger partial charge in [0.1, 0.15) is 11.9 Å². The summed E-state index contributed by atoms with van der Waals surface area (Å²) in [5.74, 6) is -1.70. The van der Waals surface area contributed by atoms with Crippen LogP contribution in [0, 0.1) is 5.82 Å². The van der Waals surface area contributed by atoms with Crippen LogP contribution in [0.4, 0.5) is 21.5 Å². The van der Waals surface area contributed by atoms with Crippen molar-refractivity contribution in [3.05, 3.63) is 53.8 Å². The molecule has 144 valence electrons. The van der Waals surface area contributed by atoms with Gasteiger partial charge in [0.2, 0.25) is 5.91 Å². The fourth-order valence-electron chi connectivity index (χ4n) is 3.50. The summed E-state index contributed by atoms with van der Waals surface area (Å²) in [6, 6.07) is 10.1. The molecule has 1 saturated heterocycles. The van der Waals surface area contributed by atoms with Crippen molar-refractivity contribution in [2.75, 3.05) is 28.7 Å². The van der Waals surface area contributed by atoms with Crippen molar-refractivity contribution < 1.29 is 23.5 Å². The third-order valence-corrected chi connectivity index (χ3v) is 4.82. The van der Waals surface area contributed by atoms with Gasteiger partial charge in [0, 0.05) is 12.2 Å². The van der Waals surface area contributed by atoms with E-state index in [1.165, 1.54) is 24.3 Å². The summed E-state index contributed by atoms with van der Waals surface area (Å²) < 4.78 is 17.9. The quantitative estimate of drug-likeness (QED) is 0.793. The number of halogens is 1. The molecular formula is C20H18FN3O4. The Balaban J connectivity index is 1.39. The maximum atomic E-state index is 12.9. The number of amides is 2. The zero-order valence-electron chi connectivity index (χ0n) is 14.9. The van der Waals surface area contributed by atoms with E-state index in [1.54, 1.807) is 18.2 Å². The van der Waals surface area contributed by atoms with Gasteiger partial charge in [-0.3, -0.25) is 9.59 Å². The minimum atomic E-state index is -0.671. The molecule has 1 atom stereocenters. The molecule has 1 fully saturated rings. The molecule has 0 spiro atoms. The fourth-order valence-corrected chi connectivity index (χ4v) is 3.50. The first-order chi connectivity index (χ1) is 13.5. The molecule has 2 N–H and O–H groups in total. The Kier molecular flexibility index (Phi) is 4.68. The molecule has 0 saturated carbocycles. The predicted octanol–water partition coefficient (Wildman–Crippen LogP) is 2.54. The van der Waals surface area contributed by atoms with E-state index in [9.17, 15) is 18.8 Å². The molecule has 2 aliphatic heterocycles. The highest BCUT2D eigenvalue weighted by Crippen LogP contribution is 2.37. The Labute approximate surface area is 160 Å². The molecule has 2 aromatic rings. The third-order valence-electron chi connectivity index (χ3n) is 4.82. The van der Waals surface area contributed by atoms with Crippen LogP contribution in [-0.4, -0.2) is 37.0 Å². The minimum Gasteiger partial charge on any atom is -0.452 e. The molecule has 2 aliphatic rings. The number of anilines is 3. The van der Waals surface area contributed by atoms with Gasteiger partial charge in [-0.1, -0.05) is 0 Å². The lowest BCUT2D eigenvalue weighted by atomic mass is 10.1. The van der Waals surface area contributed by atoms with Gasteiger partial charge in [-0.2, -0.15) is 0 Å². The Hall–Kier alpha value is -3.42. The number of carbonyl (C=O) groups excluding carboxylic acids is 3. The van der Waals surface area contributed by atoms with E-state index >= 15 is 0 Å². The molecule has 7 nitrogen and oxygen atoms in total. The number of nitrogens with zero attached hydrogens (tertiary/aromatic N) is 1. The number of rotatable bonds is 4. The highest BCUT2D eigenvalue weighted by molar-refractivity contribution is 6.05. The second-order valence-electron chi connectivity index (χ2n) is 6.70. The highest BCUT2D eigenvalue weighted by Gasteiger charge is 2.36. The second kappa shape index (κ2) is 7.30. The van der Waals surface area contributed by atoms with Crippen LogP contribution in [0.3, 0.4) is 0 Å². The van der Waals surface area contributed by atoms with Crippen LogP contribution in [0.1, 0.15) is 23.2 Å². The summed E-state index contributed by atoms with van der Waals surface area (Å²) in [7, 11) is 0. The third kappa shape index (κ3) is 3.53. The van der Waals surface area contributed by atoms with Gasteiger partial charge < -0.3 is 20.3 Å². The summed E-state index contributed by atoms with van der Waals surface area (Å²) in [6.45, 7) is 0.326. The Morgan fingerprint density at radius 3 is 2.79 bits per heavy atom. The monoisotopic (exact) mass is 383 g/mol. The number of hydrogen-bond donors (Lipinski definition) is 2. The van der Waals surface area contributed by atoms with Crippen molar-refractivity contribution in [3.63, 3.8) is 0 Å². The van der Waals surface area contributed by atoms with Crippen LogP contribution >= 0.6 is 0 Å². The van der Waals surface area contributed by atoms with Crippen molar-refractivity contribution in [2.24, 2.45) is 0 Å². The molecule has 0 aliphatic carbocycles. The van der Waals surface area contributed by atoms with Gasteiger partial charge in [-0.15, -0.1) is 0 Å². The average molecular weight is 383 g/mol. The Bertz CT molecular complexity index is 945. The van der Waals surface area contributed by atoms with E-state index in [2.05, 4.69) is 10.6 Å². The molecule has 0 aromatic heterocycles. The molecule has 0 unspecified atom stereocenters. The van der Waals surface area contributed by atoms with E-state index in [0.717, 1.165) is 25.1 Å². The summed E-state index contributed by atoms with van der Waals surface area (Å²) in [5, 5.41) is 5.34. The van der Waals surface area contributed by atoms with E-state index in [0.29, 0.717) is 11.4 Å². The van der Waals surface area contributed by atoms with Crippen LogP contribution in [0.15, 0.2) is 42.5 Å². The van der Waals surface area contributed by atoms with Crippen molar-refractivity contribution in [1.82, 2.24) is 0 Å². The van der Waals surface area contributed by atoms with E-state index < -0.39 is 24.3 Å². The maximum absolute atomic E-state index is 12.9. The number of hydrogen-bond acceptors (Lipinski definition) is 5. The van der Waals surface area contributed by atoms with Gasteiger partial charge in [0.15, 0.2) is 6.61 Å². The first kappa shape index (κ1) is 18.0. The number of esters is 1. The zero-order chi connectivity index (χ0) is 19.7.